The van der Waals surface area contributed by atoms with Gasteiger partial charge in [0, 0.05) is 12.8 Å². The predicted octanol–water partition coefficient (Wildman–Crippen LogP) is 16.8. The van der Waals surface area contributed by atoms with Crippen molar-refractivity contribution in [2.24, 2.45) is 0 Å². The molecule has 0 bridgehead atoms. The molecular formula is C59H90O5. The molecule has 5 heteroatoms. The normalized spacial score (nSPS) is 13.6. The molecule has 0 saturated carbocycles. The average molecular weight is 879 g/mol. The third-order valence-corrected chi connectivity index (χ3v) is 9.82. The van der Waals surface area contributed by atoms with Gasteiger partial charge in [-0.3, -0.25) is 9.59 Å². The summed E-state index contributed by atoms with van der Waals surface area (Å²) in [4.78, 5) is 24.4. The highest BCUT2D eigenvalue weighted by molar-refractivity contribution is 5.70. The number of hydrogen-bond donors (Lipinski definition) is 1. The van der Waals surface area contributed by atoms with Gasteiger partial charge in [0.2, 0.25) is 0 Å². The molecular weight excluding hydrogens is 789 g/mol. The van der Waals surface area contributed by atoms with E-state index in [2.05, 4.69) is 172 Å². The fourth-order valence-electron chi connectivity index (χ4n) is 6.12. The van der Waals surface area contributed by atoms with Gasteiger partial charge in [-0.1, -0.05) is 204 Å². The minimum atomic E-state index is -0.808. The van der Waals surface area contributed by atoms with Crippen LogP contribution in [0.25, 0.3) is 0 Å². The number of unbranched alkanes of at least 4 members (excludes halogenated alkanes) is 9. The average Bonchev–Trinajstić information content (AvgIpc) is 3.30. The molecule has 5 nitrogen and oxygen atoms in total. The highest BCUT2D eigenvalue weighted by Crippen LogP contribution is 2.11. The summed E-state index contributed by atoms with van der Waals surface area (Å²) in [6, 6.07) is 0. The Kier molecular flexibility index (Phi) is 49.2. The van der Waals surface area contributed by atoms with E-state index >= 15 is 0 Å². The largest absolute Gasteiger partial charge is 0.462 e. The van der Waals surface area contributed by atoms with E-state index in [0.717, 1.165) is 154 Å². The first-order valence-corrected chi connectivity index (χ1v) is 25.0. The molecule has 0 fully saturated rings. The standard InChI is InChI=1S/C59H90O5/c1-3-5-7-9-11-13-15-17-19-21-23-25-26-27-28-29-30-31-32-34-36-38-40-42-44-46-48-50-52-54-59(62)64-57(55-60)56-63-58(61)53-51-49-47-45-43-41-39-37-35-33-24-22-20-18-16-14-12-10-8-6-4-2/h5-8,11-14,17-20,23-25,27-28,30-31,33-34,36-37,39-40,42,57,60H,3-4,9-10,15-16,21-22,26,29,32,35,38,41,43-56H2,1-2H3/b7-5-,8-6-,13-11-,14-12-,19-17-,20-18-,25-23-,28-27-,31-30-,33-24-,36-34-,39-37-,42-40-. The molecule has 1 atom stereocenters. The summed E-state index contributed by atoms with van der Waals surface area (Å²) in [5.74, 6) is -0.658. The third kappa shape index (κ3) is 50.2. The Balaban J connectivity index is 3.71. The zero-order valence-corrected chi connectivity index (χ0v) is 40.5. The van der Waals surface area contributed by atoms with E-state index < -0.39 is 6.10 Å². The maximum Gasteiger partial charge on any atom is 0.306 e. The molecule has 356 valence electrons. The van der Waals surface area contributed by atoms with Gasteiger partial charge in [0.1, 0.15) is 6.61 Å². The second-order valence-corrected chi connectivity index (χ2v) is 15.8. The van der Waals surface area contributed by atoms with Gasteiger partial charge in [-0.2, -0.15) is 0 Å². The van der Waals surface area contributed by atoms with Gasteiger partial charge in [0.15, 0.2) is 6.10 Å². The number of esters is 2. The molecule has 0 aliphatic rings. The smallest absolute Gasteiger partial charge is 0.306 e. The number of aliphatic hydroxyl groups excluding tert-OH is 1. The van der Waals surface area contributed by atoms with Crippen LogP contribution in [-0.4, -0.2) is 36.4 Å². The predicted molar refractivity (Wildman–Crippen MR) is 278 cm³/mol. The van der Waals surface area contributed by atoms with Crippen LogP contribution in [0.2, 0.25) is 0 Å². The first-order valence-electron chi connectivity index (χ1n) is 25.0. The van der Waals surface area contributed by atoms with Gasteiger partial charge in [-0.05, 0) is 122 Å². The summed E-state index contributed by atoms with van der Waals surface area (Å²) >= 11 is 0. The van der Waals surface area contributed by atoms with Crippen molar-refractivity contribution in [3.8, 4) is 0 Å². The lowest BCUT2D eigenvalue weighted by Gasteiger charge is -2.15. The molecule has 0 aromatic heterocycles. The van der Waals surface area contributed by atoms with Crippen LogP contribution < -0.4 is 0 Å². The number of ether oxygens (including phenoxy) is 2. The van der Waals surface area contributed by atoms with Crippen molar-refractivity contribution in [2.45, 2.75) is 187 Å². The van der Waals surface area contributed by atoms with Gasteiger partial charge in [-0.25, -0.2) is 0 Å². The Labute approximate surface area is 392 Å². The number of aliphatic hydroxyl groups is 1. The zero-order valence-electron chi connectivity index (χ0n) is 40.5. The lowest BCUT2D eigenvalue weighted by atomic mass is 10.1. The van der Waals surface area contributed by atoms with Crippen molar-refractivity contribution in [3.05, 3.63) is 158 Å². The van der Waals surface area contributed by atoms with Gasteiger partial charge >= 0.3 is 11.9 Å². The second kappa shape index (κ2) is 52.9. The molecule has 0 saturated heterocycles. The van der Waals surface area contributed by atoms with E-state index in [0.29, 0.717) is 12.8 Å². The topological polar surface area (TPSA) is 72.8 Å². The van der Waals surface area contributed by atoms with Gasteiger partial charge < -0.3 is 14.6 Å². The van der Waals surface area contributed by atoms with Crippen molar-refractivity contribution >= 4 is 11.9 Å². The molecule has 0 aliphatic carbocycles. The first kappa shape index (κ1) is 59.5. The highest BCUT2D eigenvalue weighted by Gasteiger charge is 2.16. The molecule has 1 N–H and O–H groups in total. The molecule has 0 amide bonds. The van der Waals surface area contributed by atoms with E-state index in [9.17, 15) is 14.7 Å². The number of hydrogen-bond acceptors (Lipinski definition) is 5. The lowest BCUT2D eigenvalue weighted by Crippen LogP contribution is -2.28. The van der Waals surface area contributed by atoms with Gasteiger partial charge in [-0.15, -0.1) is 0 Å². The summed E-state index contributed by atoms with van der Waals surface area (Å²) in [5, 5.41) is 9.62. The molecule has 0 radical (unpaired) electrons. The van der Waals surface area contributed by atoms with Crippen molar-refractivity contribution in [1.29, 1.82) is 0 Å². The fraction of sp³-hybridized carbons (Fsp3) is 0.525. The van der Waals surface area contributed by atoms with Crippen LogP contribution in [0, 0.1) is 0 Å². The third-order valence-electron chi connectivity index (χ3n) is 9.82. The molecule has 0 aromatic rings. The minimum absolute atomic E-state index is 0.0989. The van der Waals surface area contributed by atoms with Crippen LogP contribution >= 0.6 is 0 Å². The van der Waals surface area contributed by atoms with Crippen LogP contribution in [0.1, 0.15) is 181 Å². The van der Waals surface area contributed by atoms with Crippen molar-refractivity contribution in [1.82, 2.24) is 0 Å². The maximum absolute atomic E-state index is 12.3. The summed E-state index contributed by atoms with van der Waals surface area (Å²) in [7, 11) is 0. The summed E-state index contributed by atoms with van der Waals surface area (Å²) in [6.45, 7) is 3.85. The summed E-state index contributed by atoms with van der Waals surface area (Å²) in [6.07, 6.45) is 81.8. The second-order valence-electron chi connectivity index (χ2n) is 15.8. The molecule has 1 unspecified atom stereocenters. The monoisotopic (exact) mass is 879 g/mol. The molecule has 0 spiro atoms. The Hall–Kier alpha value is -4.48. The molecule has 0 aliphatic heterocycles. The lowest BCUT2D eigenvalue weighted by molar-refractivity contribution is -0.161. The van der Waals surface area contributed by atoms with E-state index in [4.69, 9.17) is 9.47 Å². The quantitative estimate of drug-likeness (QED) is 0.0375. The number of allylic oxidation sites excluding steroid dienone is 26. The van der Waals surface area contributed by atoms with E-state index in [1.807, 2.05) is 0 Å². The molecule has 0 rings (SSSR count). The van der Waals surface area contributed by atoms with Gasteiger partial charge in [0.05, 0.1) is 6.61 Å². The van der Waals surface area contributed by atoms with Crippen molar-refractivity contribution in [3.63, 3.8) is 0 Å². The SMILES string of the molecule is CC/C=C\C/C=C\C/C=C\C/C=C\C/C=C\C/C=C\C/C=C\C/C=C\CCCCCCC(=O)OC(CO)COC(=O)CCCCCCC/C=C\C/C=C\C/C=C\C/C=C\C/C=C\CC. The Bertz CT molecular complexity index is 1460. The first-order chi connectivity index (χ1) is 31.6. The molecule has 0 aromatic carbocycles. The maximum atomic E-state index is 12.3. The Morgan fingerprint density at radius 3 is 0.938 bits per heavy atom. The molecule has 0 heterocycles. The van der Waals surface area contributed by atoms with Crippen molar-refractivity contribution < 1.29 is 24.2 Å². The summed E-state index contributed by atoms with van der Waals surface area (Å²) in [5.41, 5.74) is 0. The van der Waals surface area contributed by atoms with E-state index in [1.165, 1.54) is 0 Å². The summed E-state index contributed by atoms with van der Waals surface area (Å²) < 4.78 is 10.6. The van der Waals surface area contributed by atoms with Crippen molar-refractivity contribution in [2.75, 3.05) is 13.2 Å². The van der Waals surface area contributed by atoms with Crippen LogP contribution in [0.4, 0.5) is 0 Å². The Morgan fingerprint density at radius 2 is 0.625 bits per heavy atom. The molecule has 64 heavy (non-hydrogen) atoms. The van der Waals surface area contributed by atoms with E-state index in [1.54, 1.807) is 0 Å². The van der Waals surface area contributed by atoms with E-state index in [-0.39, 0.29) is 25.2 Å². The fourth-order valence-corrected chi connectivity index (χ4v) is 6.12. The zero-order chi connectivity index (χ0) is 46.3. The van der Waals surface area contributed by atoms with Gasteiger partial charge in [0.25, 0.3) is 0 Å². The minimum Gasteiger partial charge on any atom is -0.462 e. The number of carbonyl (C=O) groups is 2. The van der Waals surface area contributed by atoms with Crippen LogP contribution in [-0.2, 0) is 19.1 Å². The van der Waals surface area contributed by atoms with Crippen LogP contribution in [0.5, 0.6) is 0 Å². The number of rotatable bonds is 43. The van der Waals surface area contributed by atoms with Crippen LogP contribution in [0.3, 0.4) is 0 Å². The number of carbonyl (C=O) groups excluding carboxylic acids is 2. The Morgan fingerprint density at radius 1 is 0.359 bits per heavy atom. The van der Waals surface area contributed by atoms with Crippen LogP contribution in [0.15, 0.2) is 158 Å². The highest BCUT2D eigenvalue weighted by atomic mass is 16.6.